The third-order valence-corrected chi connectivity index (χ3v) is 4.74. The Labute approximate surface area is 133 Å². The fourth-order valence-corrected chi connectivity index (χ4v) is 3.16. The summed E-state index contributed by atoms with van der Waals surface area (Å²) in [4.78, 5) is 0. The van der Waals surface area contributed by atoms with E-state index >= 15 is 0 Å². The van der Waals surface area contributed by atoms with Gasteiger partial charge in [-0.2, -0.15) is 11.8 Å². The van der Waals surface area contributed by atoms with Crippen molar-refractivity contribution in [2.45, 2.75) is 51.2 Å². The van der Waals surface area contributed by atoms with Crippen molar-refractivity contribution in [1.29, 1.82) is 0 Å². The maximum atomic E-state index is 9.00. The highest BCUT2D eigenvalue weighted by molar-refractivity contribution is 7.99. The number of hydrogen-bond donors (Lipinski definition) is 2. The highest BCUT2D eigenvalue weighted by Crippen LogP contribution is 2.29. The molecular formula is C17H29NO2S. The number of benzene rings is 1. The first-order valence-electron chi connectivity index (χ1n) is 7.83. The topological polar surface area (TPSA) is 41.5 Å². The Morgan fingerprint density at radius 1 is 1.29 bits per heavy atom. The van der Waals surface area contributed by atoms with Gasteiger partial charge in [0.05, 0.1) is 6.61 Å². The monoisotopic (exact) mass is 311 g/mol. The van der Waals surface area contributed by atoms with Crippen LogP contribution in [-0.2, 0) is 5.75 Å². The molecule has 1 aromatic carbocycles. The van der Waals surface area contributed by atoms with Crippen molar-refractivity contribution in [2.75, 3.05) is 19.8 Å². The fourth-order valence-electron chi connectivity index (χ4n) is 2.20. The fraction of sp³-hybridized carbons (Fsp3) is 0.647. The second-order valence-electron chi connectivity index (χ2n) is 5.21. The molecular weight excluding hydrogens is 282 g/mol. The van der Waals surface area contributed by atoms with E-state index in [9.17, 15) is 0 Å². The van der Waals surface area contributed by atoms with Crippen LogP contribution in [0.2, 0.25) is 0 Å². The van der Waals surface area contributed by atoms with E-state index in [1.165, 1.54) is 11.1 Å². The van der Waals surface area contributed by atoms with Crippen molar-refractivity contribution in [1.82, 2.24) is 5.32 Å². The van der Waals surface area contributed by atoms with E-state index in [1.807, 2.05) is 18.7 Å². The van der Waals surface area contributed by atoms with E-state index in [1.54, 1.807) is 0 Å². The van der Waals surface area contributed by atoms with Crippen LogP contribution in [0, 0.1) is 0 Å². The SMILES string of the molecule is CCNC(C)c1ccc(OCC)c(CSC(C)CCO)c1. The van der Waals surface area contributed by atoms with Crippen molar-refractivity contribution >= 4 is 11.8 Å². The van der Waals surface area contributed by atoms with Gasteiger partial charge in [-0.3, -0.25) is 0 Å². The molecule has 2 unspecified atom stereocenters. The summed E-state index contributed by atoms with van der Waals surface area (Å²) in [7, 11) is 0. The molecule has 0 spiro atoms. The summed E-state index contributed by atoms with van der Waals surface area (Å²) >= 11 is 1.87. The van der Waals surface area contributed by atoms with Crippen molar-refractivity contribution < 1.29 is 9.84 Å². The number of rotatable bonds is 10. The molecule has 4 heteroatoms. The van der Waals surface area contributed by atoms with Gasteiger partial charge in [-0.15, -0.1) is 0 Å². The Morgan fingerprint density at radius 3 is 2.67 bits per heavy atom. The van der Waals surface area contributed by atoms with Gasteiger partial charge in [-0.1, -0.05) is 19.9 Å². The minimum absolute atomic E-state index is 0.254. The number of ether oxygens (including phenoxy) is 1. The Kier molecular flexibility index (Phi) is 8.81. The molecule has 0 saturated heterocycles. The van der Waals surface area contributed by atoms with E-state index < -0.39 is 0 Å². The number of aliphatic hydroxyl groups excluding tert-OH is 1. The summed E-state index contributed by atoms with van der Waals surface area (Å²) < 4.78 is 5.74. The van der Waals surface area contributed by atoms with Crippen LogP contribution in [0.3, 0.4) is 0 Å². The van der Waals surface area contributed by atoms with E-state index in [4.69, 9.17) is 9.84 Å². The molecule has 0 amide bonds. The van der Waals surface area contributed by atoms with Crippen molar-refractivity contribution in [3.63, 3.8) is 0 Å². The van der Waals surface area contributed by atoms with Crippen LogP contribution < -0.4 is 10.1 Å². The molecule has 0 aromatic heterocycles. The van der Waals surface area contributed by atoms with E-state index in [0.717, 1.165) is 24.5 Å². The average molecular weight is 311 g/mol. The Morgan fingerprint density at radius 2 is 2.05 bits per heavy atom. The zero-order valence-corrected chi connectivity index (χ0v) is 14.5. The highest BCUT2D eigenvalue weighted by Gasteiger charge is 2.11. The zero-order chi connectivity index (χ0) is 15.7. The van der Waals surface area contributed by atoms with E-state index in [-0.39, 0.29) is 6.61 Å². The molecule has 1 rings (SSSR count). The molecule has 0 aliphatic carbocycles. The number of aliphatic hydroxyl groups is 1. The molecule has 2 atom stereocenters. The first kappa shape index (κ1) is 18.3. The molecule has 21 heavy (non-hydrogen) atoms. The summed E-state index contributed by atoms with van der Waals surface area (Å²) in [5.74, 6) is 1.90. The molecule has 0 aliphatic rings. The van der Waals surface area contributed by atoms with Gasteiger partial charge in [0.1, 0.15) is 5.75 Å². The van der Waals surface area contributed by atoms with Gasteiger partial charge >= 0.3 is 0 Å². The number of nitrogens with one attached hydrogen (secondary N) is 1. The maximum Gasteiger partial charge on any atom is 0.123 e. The first-order chi connectivity index (χ1) is 10.1. The second kappa shape index (κ2) is 10.1. The lowest BCUT2D eigenvalue weighted by Crippen LogP contribution is -2.17. The smallest absolute Gasteiger partial charge is 0.123 e. The lowest BCUT2D eigenvalue weighted by Gasteiger charge is -2.17. The van der Waals surface area contributed by atoms with Crippen LogP contribution >= 0.6 is 11.8 Å². The molecule has 3 nitrogen and oxygen atoms in total. The predicted molar refractivity (Wildman–Crippen MR) is 92.2 cm³/mol. The van der Waals surface area contributed by atoms with Gasteiger partial charge < -0.3 is 15.2 Å². The largest absolute Gasteiger partial charge is 0.494 e. The van der Waals surface area contributed by atoms with Crippen LogP contribution in [0.4, 0.5) is 0 Å². The summed E-state index contributed by atoms with van der Waals surface area (Å²) in [5.41, 5.74) is 2.54. The number of hydrogen-bond acceptors (Lipinski definition) is 4. The minimum Gasteiger partial charge on any atom is -0.494 e. The lowest BCUT2D eigenvalue weighted by molar-refractivity contribution is 0.289. The molecule has 1 aromatic rings. The quantitative estimate of drug-likeness (QED) is 0.690. The molecule has 0 bridgehead atoms. The number of thioether (sulfide) groups is 1. The molecule has 0 heterocycles. The van der Waals surface area contributed by atoms with Crippen LogP contribution in [-0.4, -0.2) is 30.1 Å². The zero-order valence-electron chi connectivity index (χ0n) is 13.7. The van der Waals surface area contributed by atoms with Crippen molar-refractivity contribution in [3.8, 4) is 5.75 Å². The van der Waals surface area contributed by atoms with Gasteiger partial charge in [0.15, 0.2) is 0 Å². The molecule has 120 valence electrons. The van der Waals surface area contributed by atoms with Crippen molar-refractivity contribution in [3.05, 3.63) is 29.3 Å². The third kappa shape index (κ3) is 6.29. The molecule has 0 fully saturated rings. The van der Waals surface area contributed by atoms with Crippen LogP contribution in [0.25, 0.3) is 0 Å². The predicted octanol–water partition coefficient (Wildman–Crippen LogP) is 3.76. The summed E-state index contributed by atoms with van der Waals surface area (Å²) in [6.45, 7) is 10.4. The third-order valence-electron chi connectivity index (χ3n) is 3.45. The van der Waals surface area contributed by atoms with Gasteiger partial charge in [-0.05, 0) is 44.5 Å². The maximum absolute atomic E-state index is 9.00. The van der Waals surface area contributed by atoms with Gasteiger partial charge in [0.25, 0.3) is 0 Å². The molecule has 0 saturated carbocycles. The minimum atomic E-state index is 0.254. The summed E-state index contributed by atoms with van der Waals surface area (Å²) in [6.07, 6.45) is 0.835. The Balaban J connectivity index is 2.82. The molecule has 0 aliphatic heterocycles. The summed E-state index contributed by atoms with van der Waals surface area (Å²) in [6, 6.07) is 6.82. The first-order valence-corrected chi connectivity index (χ1v) is 8.88. The van der Waals surface area contributed by atoms with Crippen LogP contribution in [0.1, 0.15) is 51.3 Å². The average Bonchev–Trinajstić information content (AvgIpc) is 2.47. The molecule has 2 N–H and O–H groups in total. The van der Waals surface area contributed by atoms with Crippen molar-refractivity contribution in [2.24, 2.45) is 0 Å². The van der Waals surface area contributed by atoms with Crippen LogP contribution in [0.5, 0.6) is 5.75 Å². The van der Waals surface area contributed by atoms with Gasteiger partial charge in [0.2, 0.25) is 0 Å². The van der Waals surface area contributed by atoms with Gasteiger partial charge in [0, 0.05) is 29.2 Å². The van der Waals surface area contributed by atoms with E-state index in [2.05, 4.69) is 44.3 Å². The molecule has 0 radical (unpaired) electrons. The van der Waals surface area contributed by atoms with E-state index in [0.29, 0.717) is 17.9 Å². The van der Waals surface area contributed by atoms with Crippen LogP contribution in [0.15, 0.2) is 18.2 Å². The Hall–Kier alpha value is -0.710. The lowest BCUT2D eigenvalue weighted by atomic mass is 10.0. The van der Waals surface area contributed by atoms with Gasteiger partial charge in [-0.25, -0.2) is 0 Å². The standard InChI is InChI=1S/C17H29NO2S/c1-5-18-14(4)15-7-8-17(20-6-2)16(11-15)12-21-13(3)9-10-19/h7-8,11,13-14,18-19H,5-6,9-10,12H2,1-4H3. The summed E-state index contributed by atoms with van der Waals surface area (Å²) in [5, 5.41) is 12.9. The normalized spacial score (nSPS) is 14.0. The second-order valence-corrected chi connectivity index (χ2v) is 6.64. The highest BCUT2D eigenvalue weighted by atomic mass is 32.2. The Bertz CT molecular complexity index is 412.